The van der Waals surface area contributed by atoms with Crippen molar-refractivity contribution in [1.29, 1.82) is 0 Å². The van der Waals surface area contributed by atoms with Gasteiger partial charge in [-0.1, -0.05) is 0 Å². The van der Waals surface area contributed by atoms with E-state index in [0.717, 1.165) is 12.8 Å². The number of aromatic nitrogens is 1. The molecule has 2 aliphatic rings. The van der Waals surface area contributed by atoms with Crippen LogP contribution in [-0.2, 0) is 27.2 Å². The summed E-state index contributed by atoms with van der Waals surface area (Å²) in [5.41, 5.74) is 0.650. The summed E-state index contributed by atoms with van der Waals surface area (Å²) in [5, 5.41) is 2.76. The first-order valence-electron chi connectivity index (χ1n) is 8.27. The van der Waals surface area contributed by atoms with Gasteiger partial charge in [0.2, 0.25) is 0 Å². The average Bonchev–Trinajstić information content (AvgIpc) is 3.23. The summed E-state index contributed by atoms with van der Waals surface area (Å²) >= 11 is 0. The van der Waals surface area contributed by atoms with E-state index in [1.165, 1.54) is 0 Å². The van der Waals surface area contributed by atoms with Gasteiger partial charge in [0.15, 0.2) is 0 Å². The van der Waals surface area contributed by atoms with Crippen molar-refractivity contribution in [1.82, 2.24) is 15.2 Å². The van der Waals surface area contributed by atoms with Crippen molar-refractivity contribution in [2.24, 2.45) is 0 Å². The number of ether oxygens (including phenoxy) is 2. The van der Waals surface area contributed by atoms with Crippen molar-refractivity contribution in [3.05, 3.63) is 17.3 Å². The van der Waals surface area contributed by atoms with Crippen LogP contribution in [0.4, 0.5) is 0 Å². The number of oxazole rings is 1. The van der Waals surface area contributed by atoms with Gasteiger partial charge in [0.1, 0.15) is 17.6 Å². The van der Waals surface area contributed by atoms with Gasteiger partial charge in [-0.25, -0.2) is 4.98 Å². The van der Waals surface area contributed by atoms with Crippen molar-refractivity contribution in [2.45, 2.75) is 44.9 Å². The van der Waals surface area contributed by atoms with Gasteiger partial charge in [0.05, 0.1) is 13.2 Å². The molecule has 0 unspecified atom stereocenters. The van der Waals surface area contributed by atoms with Crippen LogP contribution in [0.15, 0.2) is 4.42 Å². The molecule has 0 saturated carbocycles. The zero-order valence-electron chi connectivity index (χ0n) is 14.0. The Hall–Kier alpha value is -1.93. The minimum absolute atomic E-state index is 0.000804. The number of hydrogen-bond acceptors (Lipinski definition) is 6. The molecule has 1 aromatic rings. The Morgan fingerprint density at radius 3 is 3.04 bits per heavy atom. The lowest BCUT2D eigenvalue weighted by Gasteiger charge is -2.27. The fourth-order valence-electron chi connectivity index (χ4n) is 3.04. The Labute approximate surface area is 140 Å². The molecule has 3 heterocycles. The maximum absolute atomic E-state index is 12.4. The molecule has 0 spiro atoms. The zero-order valence-corrected chi connectivity index (χ0v) is 14.0. The van der Waals surface area contributed by atoms with Gasteiger partial charge < -0.3 is 24.1 Å². The highest BCUT2D eigenvalue weighted by atomic mass is 16.5. The first kappa shape index (κ1) is 16.9. The molecule has 2 amide bonds. The van der Waals surface area contributed by atoms with Crippen LogP contribution in [0, 0.1) is 0 Å². The summed E-state index contributed by atoms with van der Waals surface area (Å²) in [7, 11) is 1.58. The minimum atomic E-state index is -0.369. The number of nitrogens with zero attached hydrogens (tertiary/aromatic N) is 2. The lowest BCUT2D eigenvalue weighted by Crippen LogP contribution is -2.41. The predicted octanol–water partition coefficient (Wildman–Crippen LogP) is 0.503. The third-order valence-electron chi connectivity index (χ3n) is 4.23. The smallest absolute Gasteiger partial charge is 0.307 e. The molecule has 8 nitrogen and oxygen atoms in total. The van der Waals surface area contributed by atoms with Crippen molar-refractivity contribution in [2.75, 3.05) is 26.9 Å². The molecule has 3 rings (SSSR count). The van der Waals surface area contributed by atoms with E-state index in [4.69, 9.17) is 13.9 Å². The quantitative estimate of drug-likeness (QED) is 0.841. The normalized spacial score (nSPS) is 21.4. The van der Waals surface area contributed by atoms with Gasteiger partial charge in [-0.05, 0) is 19.8 Å². The highest BCUT2D eigenvalue weighted by Crippen LogP contribution is 2.23. The molecule has 0 aromatic carbocycles. The number of fused-ring (bicyclic) bond motifs is 1. The minimum Gasteiger partial charge on any atom is -0.437 e. The lowest BCUT2D eigenvalue weighted by molar-refractivity contribution is -0.142. The number of carbonyl (C=O) groups is 2. The molecule has 8 heteroatoms. The lowest BCUT2D eigenvalue weighted by atomic mass is 10.1. The number of carbonyl (C=O) groups excluding carboxylic acids is 2. The van der Waals surface area contributed by atoms with Gasteiger partial charge >= 0.3 is 5.91 Å². The number of nitrogens with one attached hydrogen (secondary N) is 1. The standard InChI is InChI=1S/C16H23N3O5/c1-10(9-22-2)17-14(20)15-18-11-8-19(6-5-12(11)24-15)16(21)13-4-3-7-23-13/h10,13H,3-9H2,1-2H3,(H,17,20)/t10-,13-/m0/s1. The molecule has 0 aliphatic carbocycles. The third kappa shape index (κ3) is 3.59. The van der Waals surface area contributed by atoms with Crippen molar-refractivity contribution < 1.29 is 23.5 Å². The van der Waals surface area contributed by atoms with Crippen LogP contribution in [0.5, 0.6) is 0 Å². The second-order valence-corrected chi connectivity index (χ2v) is 6.23. The summed E-state index contributed by atoms with van der Waals surface area (Å²) in [6.07, 6.45) is 1.91. The highest BCUT2D eigenvalue weighted by Gasteiger charge is 2.32. The van der Waals surface area contributed by atoms with Crippen LogP contribution in [0.3, 0.4) is 0 Å². The summed E-state index contributed by atoms with van der Waals surface area (Å²) < 4.78 is 16.0. The van der Waals surface area contributed by atoms with Gasteiger partial charge in [-0.3, -0.25) is 9.59 Å². The van der Waals surface area contributed by atoms with Crippen molar-refractivity contribution in [3.63, 3.8) is 0 Å². The average molecular weight is 337 g/mol. The number of hydrogen-bond donors (Lipinski definition) is 1. The molecule has 1 N–H and O–H groups in total. The molecule has 0 bridgehead atoms. The highest BCUT2D eigenvalue weighted by molar-refractivity contribution is 5.90. The largest absolute Gasteiger partial charge is 0.437 e. The number of rotatable bonds is 5. The molecular formula is C16H23N3O5. The second kappa shape index (κ2) is 7.31. The Morgan fingerprint density at radius 2 is 2.33 bits per heavy atom. The van der Waals surface area contributed by atoms with Crippen LogP contribution in [0.2, 0.25) is 0 Å². The third-order valence-corrected chi connectivity index (χ3v) is 4.23. The Morgan fingerprint density at radius 1 is 1.50 bits per heavy atom. The van der Waals surface area contributed by atoms with Gasteiger partial charge in [-0.15, -0.1) is 0 Å². The van der Waals surface area contributed by atoms with E-state index in [1.807, 2.05) is 6.92 Å². The van der Waals surface area contributed by atoms with Gasteiger partial charge in [0.25, 0.3) is 11.8 Å². The van der Waals surface area contributed by atoms with E-state index in [9.17, 15) is 9.59 Å². The summed E-state index contributed by atoms with van der Waals surface area (Å²) in [4.78, 5) is 30.6. The molecule has 24 heavy (non-hydrogen) atoms. The summed E-state index contributed by atoms with van der Waals surface area (Å²) in [6.45, 7) is 3.81. The predicted molar refractivity (Wildman–Crippen MR) is 83.4 cm³/mol. The molecule has 1 saturated heterocycles. The van der Waals surface area contributed by atoms with E-state index < -0.39 is 0 Å². The number of amides is 2. The molecule has 0 radical (unpaired) electrons. The first-order chi connectivity index (χ1) is 11.6. The van der Waals surface area contributed by atoms with Crippen LogP contribution in [0.25, 0.3) is 0 Å². The molecule has 2 aliphatic heterocycles. The van der Waals surface area contributed by atoms with Crippen LogP contribution in [0.1, 0.15) is 41.9 Å². The van der Waals surface area contributed by atoms with Crippen molar-refractivity contribution >= 4 is 11.8 Å². The summed E-state index contributed by atoms with van der Waals surface area (Å²) in [5.74, 6) is 0.345. The van der Waals surface area contributed by atoms with E-state index in [-0.39, 0.29) is 29.9 Å². The van der Waals surface area contributed by atoms with Crippen LogP contribution in [-0.4, -0.2) is 60.7 Å². The van der Waals surface area contributed by atoms with E-state index in [0.29, 0.717) is 44.2 Å². The van der Waals surface area contributed by atoms with E-state index >= 15 is 0 Å². The van der Waals surface area contributed by atoms with Crippen molar-refractivity contribution in [3.8, 4) is 0 Å². The van der Waals surface area contributed by atoms with Crippen LogP contribution >= 0.6 is 0 Å². The topological polar surface area (TPSA) is 93.9 Å². The van der Waals surface area contributed by atoms with Gasteiger partial charge in [0, 0.05) is 32.7 Å². The van der Waals surface area contributed by atoms with Crippen LogP contribution < -0.4 is 5.32 Å². The fourth-order valence-corrected chi connectivity index (χ4v) is 3.04. The maximum atomic E-state index is 12.4. The van der Waals surface area contributed by atoms with E-state index in [1.54, 1.807) is 12.0 Å². The number of methoxy groups -OCH3 is 1. The Bertz CT molecular complexity index is 609. The monoisotopic (exact) mass is 337 g/mol. The SMILES string of the molecule is COC[C@H](C)NC(=O)c1nc2c(o1)CCN(C(=O)[C@@H]1CCCO1)C2. The summed E-state index contributed by atoms with van der Waals surface area (Å²) in [6, 6.07) is -0.135. The second-order valence-electron chi connectivity index (χ2n) is 6.23. The molecule has 132 valence electrons. The molecule has 1 aromatic heterocycles. The fraction of sp³-hybridized carbons (Fsp3) is 0.688. The zero-order chi connectivity index (χ0) is 17.1. The molecular weight excluding hydrogens is 314 g/mol. The molecule has 2 atom stereocenters. The molecule has 1 fully saturated rings. The first-order valence-corrected chi connectivity index (χ1v) is 8.27. The Kier molecular flexibility index (Phi) is 5.15. The van der Waals surface area contributed by atoms with Gasteiger partial charge in [-0.2, -0.15) is 0 Å². The maximum Gasteiger partial charge on any atom is 0.307 e. The Balaban J connectivity index is 1.64. The van der Waals surface area contributed by atoms with E-state index in [2.05, 4.69) is 10.3 Å².